The predicted molar refractivity (Wildman–Crippen MR) is 34.1 cm³/mol. The maximum Gasteiger partial charge on any atom is 0.0648 e. The molecule has 0 amide bonds. The summed E-state index contributed by atoms with van der Waals surface area (Å²) in [5, 5.41) is 20.7. The van der Waals surface area contributed by atoms with E-state index in [2.05, 4.69) is 5.32 Å². The molecule has 1 heterocycles. The van der Waals surface area contributed by atoms with Crippen LogP contribution in [0.5, 0.6) is 0 Å². The lowest BCUT2D eigenvalue weighted by Gasteiger charge is -2.23. The van der Waals surface area contributed by atoms with Crippen LogP contribution in [0.1, 0.15) is 12.8 Å². The Morgan fingerprint density at radius 1 is 1.33 bits per heavy atom. The monoisotopic (exact) mass is 131 g/mol. The van der Waals surface area contributed by atoms with E-state index in [1.54, 1.807) is 0 Å². The first-order valence-electron chi connectivity index (χ1n) is 3.30. The summed E-state index contributed by atoms with van der Waals surface area (Å²) < 4.78 is 0. The molecule has 3 heteroatoms. The molecule has 0 aromatic carbocycles. The minimum absolute atomic E-state index is 0.0451. The maximum atomic E-state index is 8.79. The fourth-order valence-corrected chi connectivity index (χ4v) is 1.19. The third-order valence-corrected chi connectivity index (χ3v) is 1.94. The van der Waals surface area contributed by atoms with Crippen molar-refractivity contribution in [3.63, 3.8) is 0 Å². The van der Waals surface area contributed by atoms with E-state index < -0.39 is 0 Å². The standard InChI is InChI=1S/C6H13NO2/c8-4-6(5-9)2-1-3-7-6/h7-9H,1-5H2. The van der Waals surface area contributed by atoms with E-state index in [4.69, 9.17) is 10.2 Å². The first-order chi connectivity index (χ1) is 4.33. The summed E-state index contributed by atoms with van der Waals surface area (Å²) >= 11 is 0. The van der Waals surface area contributed by atoms with Crippen molar-refractivity contribution in [3.05, 3.63) is 0 Å². The Morgan fingerprint density at radius 2 is 2.00 bits per heavy atom. The molecule has 1 fully saturated rings. The number of hydrogen-bond acceptors (Lipinski definition) is 3. The number of aliphatic hydroxyl groups excluding tert-OH is 2. The van der Waals surface area contributed by atoms with Gasteiger partial charge in [-0.2, -0.15) is 0 Å². The number of hydrogen-bond donors (Lipinski definition) is 3. The van der Waals surface area contributed by atoms with E-state index in [0.29, 0.717) is 0 Å². The van der Waals surface area contributed by atoms with Crippen molar-refractivity contribution in [3.8, 4) is 0 Å². The second-order valence-electron chi connectivity index (χ2n) is 2.63. The average Bonchev–Trinajstić information content (AvgIpc) is 2.36. The number of aliphatic hydroxyl groups is 2. The van der Waals surface area contributed by atoms with Crippen LogP contribution in [0.4, 0.5) is 0 Å². The first-order valence-corrected chi connectivity index (χ1v) is 3.30. The van der Waals surface area contributed by atoms with Crippen LogP contribution in [0.3, 0.4) is 0 Å². The minimum Gasteiger partial charge on any atom is -0.394 e. The Kier molecular flexibility index (Phi) is 2.05. The van der Waals surface area contributed by atoms with Crippen LogP contribution in [0.25, 0.3) is 0 Å². The van der Waals surface area contributed by atoms with Gasteiger partial charge in [0.1, 0.15) is 0 Å². The van der Waals surface area contributed by atoms with Crippen molar-refractivity contribution in [2.75, 3.05) is 19.8 Å². The van der Waals surface area contributed by atoms with Crippen LogP contribution in [-0.4, -0.2) is 35.5 Å². The molecule has 0 bridgehead atoms. The third-order valence-electron chi connectivity index (χ3n) is 1.94. The van der Waals surface area contributed by atoms with Crippen molar-refractivity contribution in [1.82, 2.24) is 5.32 Å². The molecule has 0 aromatic heterocycles. The smallest absolute Gasteiger partial charge is 0.0648 e. The molecule has 1 aliphatic rings. The Hall–Kier alpha value is -0.120. The topological polar surface area (TPSA) is 52.5 Å². The van der Waals surface area contributed by atoms with Gasteiger partial charge in [0.2, 0.25) is 0 Å². The molecule has 0 saturated carbocycles. The van der Waals surface area contributed by atoms with E-state index in [0.717, 1.165) is 19.4 Å². The normalized spacial score (nSPS) is 24.7. The second kappa shape index (κ2) is 2.64. The summed E-state index contributed by atoms with van der Waals surface area (Å²) in [4.78, 5) is 0. The summed E-state index contributed by atoms with van der Waals surface area (Å²) in [6.45, 7) is 1.01. The lowest BCUT2D eigenvalue weighted by molar-refractivity contribution is 0.106. The van der Waals surface area contributed by atoms with E-state index in [1.165, 1.54) is 0 Å². The summed E-state index contributed by atoms with van der Waals surface area (Å²) in [5.74, 6) is 0. The van der Waals surface area contributed by atoms with Gasteiger partial charge in [0.15, 0.2) is 0 Å². The molecule has 1 saturated heterocycles. The van der Waals surface area contributed by atoms with Gasteiger partial charge in [-0.1, -0.05) is 0 Å². The van der Waals surface area contributed by atoms with E-state index in [9.17, 15) is 0 Å². The van der Waals surface area contributed by atoms with Gasteiger partial charge < -0.3 is 15.5 Å². The lowest BCUT2D eigenvalue weighted by atomic mass is 10.0. The molecule has 3 N–H and O–H groups in total. The zero-order valence-electron chi connectivity index (χ0n) is 5.43. The van der Waals surface area contributed by atoms with Crippen molar-refractivity contribution in [2.45, 2.75) is 18.4 Å². The predicted octanol–water partition coefficient (Wildman–Crippen LogP) is -0.907. The Bertz CT molecular complexity index is 83.1. The van der Waals surface area contributed by atoms with Crippen LogP contribution in [0, 0.1) is 0 Å². The van der Waals surface area contributed by atoms with Gasteiger partial charge in [0.25, 0.3) is 0 Å². The van der Waals surface area contributed by atoms with Gasteiger partial charge >= 0.3 is 0 Å². The third kappa shape index (κ3) is 1.23. The van der Waals surface area contributed by atoms with E-state index in [-0.39, 0.29) is 18.8 Å². The first kappa shape index (κ1) is 6.99. The molecule has 1 aliphatic heterocycles. The van der Waals surface area contributed by atoms with Crippen LogP contribution in [0.2, 0.25) is 0 Å². The molecule has 9 heavy (non-hydrogen) atoms. The largest absolute Gasteiger partial charge is 0.394 e. The Labute approximate surface area is 54.7 Å². The molecular formula is C6H13NO2. The zero-order valence-corrected chi connectivity index (χ0v) is 5.43. The van der Waals surface area contributed by atoms with Crippen molar-refractivity contribution in [2.24, 2.45) is 0 Å². The SMILES string of the molecule is OCC1(CO)CCCN1. The highest BCUT2D eigenvalue weighted by Crippen LogP contribution is 2.16. The molecule has 0 aromatic rings. The molecular weight excluding hydrogens is 118 g/mol. The van der Waals surface area contributed by atoms with Gasteiger partial charge in [-0.15, -0.1) is 0 Å². The zero-order chi connectivity index (χ0) is 6.74. The summed E-state index contributed by atoms with van der Waals surface area (Å²) in [6, 6.07) is 0. The van der Waals surface area contributed by atoms with Crippen molar-refractivity contribution in [1.29, 1.82) is 0 Å². The van der Waals surface area contributed by atoms with Crippen LogP contribution >= 0.6 is 0 Å². The summed E-state index contributed by atoms with van der Waals surface area (Å²) in [7, 11) is 0. The highest BCUT2D eigenvalue weighted by Gasteiger charge is 2.31. The second-order valence-corrected chi connectivity index (χ2v) is 2.63. The molecule has 0 unspecified atom stereocenters. The summed E-state index contributed by atoms with van der Waals surface area (Å²) in [6.07, 6.45) is 1.95. The van der Waals surface area contributed by atoms with Crippen LogP contribution in [-0.2, 0) is 0 Å². The van der Waals surface area contributed by atoms with Gasteiger partial charge in [-0.05, 0) is 19.4 Å². The summed E-state index contributed by atoms with van der Waals surface area (Å²) in [5.41, 5.74) is -0.361. The highest BCUT2D eigenvalue weighted by atomic mass is 16.3. The van der Waals surface area contributed by atoms with Gasteiger partial charge in [0, 0.05) is 0 Å². The van der Waals surface area contributed by atoms with Gasteiger partial charge in [-0.25, -0.2) is 0 Å². The number of nitrogens with one attached hydrogen (secondary N) is 1. The molecule has 0 atom stereocenters. The highest BCUT2D eigenvalue weighted by molar-refractivity contribution is 4.91. The van der Waals surface area contributed by atoms with Gasteiger partial charge in [0.05, 0.1) is 18.8 Å². The van der Waals surface area contributed by atoms with Gasteiger partial charge in [-0.3, -0.25) is 0 Å². The van der Waals surface area contributed by atoms with Crippen LogP contribution in [0.15, 0.2) is 0 Å². The fraction of sp³-hybridized carbons (Fsp3) is 1.00. The Balaban J connectivity index is 2.45. The quantitative estimate of drug-likeness (QED) is 0.455. The minimum atomic E-state index is -0.361. The van der Waals surface area contributed by atoms with E-state index >= 15 is 0 Å². The molecule has 0 aliphatic carbocycles. The molecule has 0 radical (unpaired) electrons. The average molecular weight is 131 g/mol. The molecule has 1 rings (SSSR count). The van der Waals surface area contributed by atoms with Crippen molar-refractivity contribution >= 4 is 0 Å². The molecule has 0 spiro atoms. The van der Waals surface area contributed by atoms with Crippen molar-refractivity contribution < 1.29 is 10.2 Å². The number of rotatable bonds is 2. The van der Waals surface area contributed by atoms with E-state index in [1.807, 2.05) is 0 Å². The molecule has 54 valence electrons. The molecule has 3 nitrogen and oxygen atoms in total. The lowest BCUT2D eigenvalue weighted by Crippen LogP contribution is -2.46. The maximum absolute atomic E-state index is 8.79. The Morgan fingerprint density at radius 3 is 2.22 bits per heavy atom. The fourth-order valence-electron chi connectivity index (χ4n) is 1.19. The van der Waals surface area contributed by atoms with Crippen LogP contribution < -0.4 is 5.32 Å².